The van der Waals surface area contributed by atoms with Crippen LogP contribution in [0.25, 0.3) is 0 Å². The van der Waals surface area contributed by atoms with E-state index in [0.29, 0.717) is 6.04 Å². The molecule has 1 aromatic rings. The number of ether oxygens (including phenoxy) is 1. The van der Waals surface area contributed by atoms with Gasteiger partial charge in [-0.3, -0.25) is 0 Å². The van der Waals surface area contributed by atoms with Crippen molar-refractivity contribution in [1.29, 1.82) is 0 Å². The van der Waals surface area contributed by atoms with Crippen molar-refractivity contribution >= 4 is 0 Å². The van der Waals surface area contributed by atoms with E-state index in [0.717, 1.165) is 12.8 Å². The van der Waals surface area contributed by atoms with Gasteiger partial charge in [-0.15, -0.1) is 0 Å². The lowest BCUT2D eigenvalue weighted by Crippen LogP contribution is -2.25. The average Bonchev–Trinajstić information content (AvgIpc) is 2.84. The molecule has 0 saturated carbocycles. The van der Waals surface area contributed by atoms with Crippen LogP contribution in [0.5, 0.6) is 0 Å². The Morgan fingerprint density at radius 1 is 1.22 bits per heavy atom. The van der Waals surface area contributed by atoms with E-state index < -0.39 is 0 Å². The summed E-state index contributed by atoms with van der Waals surface area (Å²) in [5, 5.41) is 3.55. The van der Waals surface area contributed by atoms with Crippen LogP contribution >= 0.6 is 0 Å². The van der Waals surface area contributed by atoms with E-state index >= 15 is 0 Å². The Hall–Kier alpha value is -0.860. The van der Waals surface area contributed by atoms with Gasteiger partial charge < -0.3 is 10.1 Å². The lowest BCUT2D eigenvalue weighted by molar-refractivity contribution is 0.0232. The molecule has 1 N–H and O–H groups in total. The zero-order chi connectivity index (χ0) is 13.0. The first kappa shape index (κ1) is 13.6. The molecule has 18 heavy (non-hydrogen) atoms. The van der Waals surface area contributed by atoms with E-state index in [2.05, 4.69) is 43.4 Å². The molecular weight excluding hydrogens is 222 g/mol. The maximum atomic E-state index is 5.47. The minimum Gasteiger partial charge on any atom is -0.378 e. The van der Waals surface area contributed by atoms with E-state index in [1.54, 1.807) is 7.11 Å². The molecule has 1 saturated heterocycles. The fourth-order valence-corrected chi connectivity index (χ4v) is 2.57. The van der Waals surface area contributed by atoms with Crippen molar-refractivity contribution in [3.8, 4) is 0 Å². The molecule has 100 valence electrons. The van der Waals surface area contributed by atoms with Gasteiger partial charge in [-0.25, -0.2) is 0 Å². The number of hydrogen-bond acceptors (Lipinski definition) is 2. The van der Waals surface area contributed by atoms with E-state index in [1.807, 2.05) is 0 Å². The summed E-state index contributed by atoms with van der Waals surface area (Å²) in [5.41, 5.74) is 2.72. The second kappa shape index (κ2) is 5.85. The van der Waals surface area contributed by atoms with E-state index in [4.69, 9.17) is 4.74 Å². The molecule has 0 aromatic heterocycles. The van der Waals surface area contributed by atoms with Crippen LogP contribution in [0.2, 0.25) is 0 Å². The number of rotatable bonds is 5. The molecule has 2 rings (SSSR count). The molecule has 0 amide bonds. The van der Waals surface area contributed by atoms with E-state index in [1.165, 1.54) is 30.5 Å². The number of hydrogen-bond donors (Lipinski definition) is 1. The monoisotopic (exact) mass is 247 g/mol. The van der Waals surface area contributed by atoms with Crippen LogP contribution in [0.4, 0.5) is 0 Å². The summed E-state index contributed by atoms with van der Waals surface area (Å²) in [7, 11) is 1.78. The third-order valence-corrected chi connectivity index (χ3v) is 3.85. The average molecular weight is 247 g/mol. The van der Waals surface area contributed by atoms with Crippen LogP contribution in [0.3, 0.4) is 0 Å². The van der Waals surface area contributed by atoms with Crippen molar-refractivity contribution in [2.45, 2.75) is 51.2 Å². The second-order valence-corrected chi connectivity index (χ2v) is 5.95. The van der Waals surface area contributed by atoms with Gasteiger partial charge >= 0.3 is 0 Å². The minimum absolute atomic E-state index is 0.0749. The summed E-state index contributed by atoms with van der Waals surface area (Å²) in [6.45, 7) is 5.44. The number of methoxy groups -OCH3 is 1. The summed E-state index contributed by atoms with van der Waals surface area (Å²) in [6, 6.07) is 9.70. The largest absolute Gasteiger partial charge is 0.378 e. The summed E-state index contributed by atoms with van der Waals surface area (Å²) in [4.78, 5) is 0. The first-order valence-electron chi connectivity index (χ1n) is 6.95. The molecule has 1 aliphatic rings. The van der Waals surface area contributed by atoms with Gasteiger partial charge in [0.2, 0.25) is 0 Å². The van der Waals surface area contributed by atoms with E-state index in [9.17, 15) is 0 Å². The third kappa shape index (κ3) is 3.82. The number of benzene rings is 1. The first-order chi connectivity index (χ1) is 8.59. The minimum atomic E-state index is -0.0749. The van der Waals surface area contributed by atoms with Crippen LogP contribution in [-0.4, -0.2) is 25.3 Å². The SMILES string of the molecule is COC(C)(C)Cc1ccc(CC2CCCN2)cc1. The van der Waals surface area contributed by atoms with Crippen molar-refractivity contribution in [2.24, 2.45) is 0 Å². The molecule has 1 aromatic carbocycles. The zero-order valence-corrected chi connectivity index (χ0v) is 11.8. The Labute approximate surface area is 111 Å². The molecule has 2 nitrogen and oxygen atoms in total. The Morgan fingerprint density at radius 2 is 1.89 bits per heavy atom. The van der Waals surface area contributed by atoms with Crippen LogP contribution in [0, 0.1) is 0 Å². The fourth-order valence-electron chi connectivity index (χ4n) is 2.57. The van der Waals surface area contributed by atoms with Gasteiger partial charge in [0, 0.05) is 19.6 Å². The van der Waals surface area contributed by atoms with Crippen molar-refractivity contribution in [2.75, 3.05) is 13.7 Å². The maximum Gasteiger partial charge on any atom is 0.0662 e. The fraction of sp³-hybridized carbons (Fsp3) is 0.625. The summed E-state index contributed by atoms with van der Waals surface area (Å²) in [6.07, 6.45) is 4.77. The molecule has 2 heteroatoms. The van der Waals surface area contributed by atoms with Gasteiger partial charge in [0.15, 0.2) is 0 Å². The predicted octanol–water partition coefficient (Wildman–Crippen LogP) is 2.95. The van der Waals surface area contributed by atoms with Crippen molar-refractivity contribution in [3.05, 3.63) is 35.4 Å². The summed E-state index contributed by atoms with van der Waals surface area (Å²) >= 11 is 0. The highest BCUT2D eigenvalue weighted by Gasteiger charge is 2.17. The van der Waals surface area contributed by atoms with Crippen LogP contribution < -0.4 is 5.32 Å². The van der Waals surface area contributed by atoms with Crippen LogP contribution in [0.1, 0.15) is 37.8 Å². The Kier molecular flexibility index (Phi) is 4.41. The topological polar surface area (TPSA) is 21.3 Å². The molecule has 1 atom stereocenters. The molecule has 1 aliphatic heterocycles. The molecule has 1 unspecified atom stereocenters. The van der Waals surface area contributed by atoms with Crippen LogP contribution in [-0.2, 0) is 17.6 Å². The maximum absolute atomic E-state index is 5.47. The highest BCUT2D eigenvalue weighted by Crippen LogP contribution is 2.18. The highest BCUT2D eigenvalue weighted by atomic mass is 16.5. The van der Waals surface area contributed by atoms with Gasteiger partial charge in [-0.05, 0) is 50.8 Å². The lowest BCUT2D eigenvalue weighted by atomic mass is 9.96. The lowest BCUT2D eigenvalue weighted by Gasteiger charge is -2.23. The van der Waals surface area contributed by atoms with Crippen LogP contribution in [0.15, 0.2) is 24.3 Å². The normalized spacial score (nSPS) is 20.3. The first-order valence-corrected chi connectivity index (χ1v) is 6.95. The summed E-state index contributed by atoms with van der Waals surface area (Å²) < 4.78 is 5.47. The molecule has 1 heterocycles. The quantitative estimate of drug-likeness (QED) is 0.864. The standard InChI is InChI=1S/C16H25NO/c1-16(2,18-3)12-14-8-6-13(7-9-14)11-15-5-4-10-17-15/h6-9,15,17H,4-5,10-12H2,1-3H3. The van der Waals surface area contributed by atoms with E-state index in [-0.39, 0.29) is 5.60 Å². The molecular formula is C16H25NO. The van der Waals surface area contributed by atoms with Gasteiger partial charge in [0.05, 0.1) is 5.60 Å². The molecule has 1 fully saturated rings. The van der Waals surface area contributed by atoms with Gasteiger partial charge in [0.25, 0.3) is 0 Å². The van der Waals surface area contributed by atoms with Crippen molar-refractivity contribution < 1.29 is 4.74 Å². The van der Waals surface area contributed by atoms with Gasteiger partial charge in [-0.2, -0.15) is 0 Å². The number of nitrogens with one attached hydrogen (secondary N) is 1. The Morgan fingerprint density at radius 3 is 2.44 bits per heavy atom. The second-order valence-electron chi connectivity index (χ2n) is 5.95. The van der Waals surface area contributed by atoms with Crippen molar-refractivity contribution in [3.63, 3.8) is 0 Å². The third-order valence-electron chi connectivity index (χ3n) is 3.85. The molecule has 0 radical (unpaired) electrons. The Balaban J connectivity index is 1.92. The molecule has 0 aliphatic carbocycles. The molecule has 0 bridgehead atoms. The Bertz CT molecular complexity index is 363. The smallest absolute Gasteiger partial charge is 0.0662 e. The highest BCUT2D eigenvalue weighted by molar-refractivity contribution is 5.24. The van der Waals surface area contributed by atoms with Crippen molar-refractivity contribution in [1.82, 2.24) is 5.32 Å². The van der Waals surface area contributed by atoms with Gasteiger partial charge in [0.1, 0.15) is 0 Å². The molecule has 0 spiro atoms. The summed E-state index contributed by atoms with van der Waals surface area (Å²) in [5.74, 6) is 0. The zero-order valence-electron chi connectivity index (χ0n) is 11.8. The van der Waals surface area contributed by atoms with Gasteiger partial charge in [-0.1, -0.05) is 24.3 Å². The predicted molar refractivity (Wildman–Crippen MR) is 76.0 cm³/mol.